The number of nitrogen functional groups attached to an aromatic ring is 1. The zero-order chi connectivity index (χ0) is 10.8. The predicted octanol–water partition coefficient (Wildman–Crippen LogP) is 2.79. The molecular weight excluding hydrogens is 188 g/mol. The zero-order valence-corrected chi connectivity index (χ0v) is 8.95. The first-order valence-electron chi connectivity index (χ1n) is 5.03. The highest BCUT2D eigenvalue weighted by Gasteiger charge is 2.13. The van der Waals surface area contributed by atoms with Crippen LogP contribution in [0, 0.1) is 6.92 Å². The van der Waals surface area contributed by atoms with Gasteiger partial charge in [-0.2, -0.15) is 0 Å². The Morgan fingerprint density at radius 2 is 1.93 bits per heavy atom. The summed E-state index contributed by atoms with van der Waals surface area (Å²) < 4.78 is 5.15. The largest absolute Gasteiger partial charge is 0.380 e. The molecule has 0 saturated heterocycles. The van der Waals surface area contributed by atoms with E-state index < -0.39 is 0 Å². The normalized spacial score (nSPS) is 10.5. The third kappa shape index (κ3) is 1.73. The van der Waals surface area contributed by atoms with Crippen molar-refractivity contribution in [3.63, 3.8) is 0 Å². The van der Waals surface area contributed by atoms with Crippen LogP contribution in [0.5, 0.6) is 0 Å². The third-order valence-corrected chi connectivity index (χ3v) is 2.45. The van der Waals surface area contributed by atoms with E-state index in [2.05, 4.69) is 24.2 Å². The summed E-state index contributed by atoms with van der Waals surface area (Å²) in [5, 5.41) is 3.79. The van der Waals surface area contributed by atoms with Gasteiger partial charge >= 0.3 is 0 Å². The monoisotopic (exact) mass is 202 g/mol. The number of nitrogens with zero attached hydrogens (tertiary/aromatic N) is 1. The number of rotatable bonds is 2. The molecule has 2 N–H and O–H groups in total. The standard InChI is InChI=1S/C12H14N2O/c1-3-10-11(12(13)14-15-10)9-6-4-8(2)5-7-9/h4-7H,3H2,1-2H3,(H2,13,14). The summed E-state index contributed by atoms with van der Waals surface area (Å²) in [5.74, 6) is 1.31. The Morgan fingerprint density at radius 1 is 1.27 bits per heavy atom. The SMILES string of the molecule is CCc1onc(N)c1-c1ccc(C)cc1. The lowest BCUT2D eigenvalue weighted by molar-refractivity contribution is 0.390. The van der Waals surface area contributed by atoms with Gasteiger partial charge in [0.2, 0.25) is 0 Å². The summed E-state index contributed by atoms with van der Waals surface area (Å²) in [6, 6.07) is 8.19. The Hall–Kier alpha value is -1.77. The van der Waals surface area contributed by atoms with E-state index in [-0.39, 0.29) is 0 Å². The molecule has 3 heteroatoms. The predicted molar refractivity (Wildman–Crippen MR) is 60.5 cm³/mol. The van der Waals surface area contributed by atoms with Gasteiger partial charge in [0.15, 0.2) is 5.82 Å². The highest BCUT2D eigenvalue weighted by atomic mass is 16.5. The van der Waals surface area contributed by atoms with Crippen molar-refractivity contribution in [2.75, 3.05) is 5.73 Å². The number of aromatic nitrogens is 1. The Labute approximate surface area is 88.9 Å². The van der Waals surface area contributed by atoms with Crippen LogP contribution >= 0.6 is 0 Å². The van der Waals surface area contributed by atoms with Gasteiger partial charge in [-0.25, -0.2) is 0 Å². The van der Waals surface area contributed by atoms with Gasteiger partial charge in [0.25, 0.3) is 0 Å². The lowest BCUT2D eigenvalue weighted by atomic mass is 10.0. The Kier molecular flexibility index (Phi) is 2.46. The summed E-state index contributed by atoms with van der Waals surface area (Å²) in [7, 11) is 0. The maximum absolute atomic E-state index is 5.78. The summed E-state index contributed by atoms with van der Waals surface area (Å²) in [4.78, 5) is 0. The summed E-state index contributed by atoms with van der Waals surface area (Å²) in [6.07, 6.45) is 0.799. The van der Waals surface area contributed by atoms with E-state index in [0.29, 0.717) is 5.82 Å². The summed E-state index contributed by atoms with van der Waals surface area (Å²) >= 11 is 0. The number of hydrogen-bond donors (Lipinski definition) is 1. The molecule has 0 amide bonds. The molecule has 15 heavy (non-hydrogen) atoms. The number of nitrogens with two attached hydrogens (primary N) is 1. The van der Waals surface area contributed by atoms with Gasteiger partial charge in [-0.1, -0.05) is 41.9 Å². The molecule has 0 fully saturated rings. The first-order chi connectivity index (χ1) is 7.22. The molecule has 78 valence electrons. The highest BCUT2D eigenvalue weighted by Crippen LogP contribution is 2.29. The van der Waals surface area contributed by atoms with Crippen molar-refractivity contribution in [1.82, 2.24) is 5.16 Å². The van der Waals surface area contributed by atoms with Gasteiger partial charge in [0.05, 0.1) is 5.56 Å². The average Bonchev–Trinajstić information content (AvgIpc) is 2.61. The molecule has 0 aliphatic rings. The van der Waals surface area contributed by atoms with E-state index in [0.717, 1.165) is 23.3 Å². The third-order valence-electron chi connectivity index (χ3n) is 2.45. The molecule has 0 unspecified atom stereocenters. The molecule has 0 spiro atoms. The van der Waals surface area contributed by atoms with Crippen molar-refractivity contribution < 1.29 is 4.52 Å². The van der Waals surface area contributed by atoms with Crippen molar-refractivity contribution in [2.24, 2.45) is 0 Å². The van der Waals surface area contributed by atoms with Crippen molar-refractivity contribution in [2.45, 2.75) is 20.3 Å². The molecule has 1 heterocycles. The number of benzene rings is 1. The average molecular weight is 202 g/mol. The van der Waals surface area contributed by atoms with Gasteiger partial charge in [-0.05, 0) is 12.5 Å². The second-order valence-corrected chi connectivity index (χ2v) is 3.59. The lowest BCUT2D eigenvalue weighted by Gasteiger charge is -2.01. The van der Waals surface area contributed by atoms with Gasteiger partial charge in [-0.3, -0.25) is 0 Å². The van der Waals surface area contributed by atoms with E-state index in [4.69, 9.17) is 10.3 Å². The van der Waals surface area contributed by atoms with Crippen LogP contribution in [-0.2, 0) is 6.42 Å². The van der Waals surface area contributed by atoms with Crippen LogP contribution in [0.1, 0.15) is 18.2 Å². The summed E-state index contributed by atoms with van der Waals surface area (Å²) in [6.45, 7) is 4.08. The molecule has 0 bridgehead atoms. The van der Waals surface area contributed by atoms with Gasteiger partial charge in [0.1, 0.15) is 5.76 Å². The maximum Gasteiger partial charge on any atom is 0.175 e. The van der Waals surface area contributed by atoms with Gasteiger partial charge in [0, 0.05) is 6.42 Å². The van der Waals surface area contributed by atoms with Crippen molar-refractivity contribution in [1.29, 1.82) is 0 Å². The van der Waals surface area contributed by atoms with E-state index in [1.807, 2.05) is 19.1 Å². The molecule has 0 radical (unpaired) electrons. The molecule has 1 aromatic heterocycles. The zero-order valence-electron chi connectivity index (χ0n) is 8.95. The molecule has 0 atom stereocenters. The summed E-state index contributed by atoms with van der Waals surface area (Å²) in [5.41, 5.74) is 9.00. The van der Waals surface area contributed by atoms with Crippen molar-refractivity contribution in [3.05, 3.63) is 35.6 Å². The molecule has 0 saturated carbocycles. The maximum atomic E-state index is 5.78. The van der Waals surface area contributed by atoms with E-state index in [1.165, 1.54) is 5.56 Å². The van der Waals surface area contributed by atoms with E-state index in [1.54, 1.807) is 0 Å². The van der Waals surface area contributed by atoms with E-state index in [9.17, 15) is 0 Å². The Morgan fingerprint density at radius 3 is 2.53 bits per heavy atom. The minimum absolute atomic E-state index is 0.468. The second kappa shape index (κ2) is 3.77. The van der Waals surface area contributed by atoms with Crippen LogP contribution < -0.4 is 5.73 Å². The van der Waals surface area contributed by atoms with Crippen molar-refractivity contribution in [3.8, 4) is 11.1 Å². The van der Waals surface area contributed by atoms with Crippen LogP contribution in [0.25, 0.3) is 11.1 Å². The Bertz CT molecular complexity index is 457. The first kappa shape index (κ1) is 9.77. The smallest absolute Gasteiger partial charge is 0.175 e. The topological polar surface area (TPSA) is 52.0 Å². The van der Waals surface area contributed by atoms with Crippen LogP contribution in [0.4, 0.5) is 5.82 Å². The number of anilines is 1. The molecule has 0 aliphatic carbocycles. The fraction of sp³-hybridized carbons (Fsp3) is 0.250. The Balaban J connectivity index is 2.52. The first-order valence-corrected chi connectivity index (χ1v) is 5.03. The van der Waals surface area contributed by atoms with Crippen molar-refractivity contribution >= 4 is 5.82 Å². The lowest BCUT2D eigenvalue weighted by Crippen LogP contribution is -1.89. The highest BCUT2D eigenvalue weighted by molar-refractivity contribution is 5.75. The van der Waals surface area contributed by atoms with E-state index >= 15 is 0 Å². The quantitative estimate of drug-likeness (QED) is 0.814. The molecule has 2 rings (SSSR count). The molecular formula is C12H14N2O. The fourth-order valence-corrected chi connectivity index (χ4v) is 1.61. The van der Waals surface area contributed by atoms with Gasteiger partial charge < -0.3 is 10.3 Å². The van der Waals surface area contributed by atoms with Crippen LogP contribution in [-0.4, -0.2) is 5.16 Å². The number of aryl methyl sites for hydroxylation is 2. The van der Waals surface area contributed by atoms with Crippen LogP contribution in [0.2, 0.25) is 0 Å². The molecule has 3 nitrogen and oxygen atoms in total. The molecule has 1 aromatic carbocycles. The number of hydrogen-bond acceptors (Lipinski definition) is 3. The minimum Gasteiger partial charge on any atom is -0.380 e. The van der Waals surface area contributed by atoms with Crippen LogP contribution in [0.15, 0.2) is 28.8 Å². The van der Waals surface area contributed by atoms with Gasteiger partial charge in [-0.15, -0.1) is 0 Å². The van der Waals surface area contributed by atoms with Crippen LogP contribution in [0.3, 0.4) is 0 Å². The fourth-order valence-electron chi connectivity index (χ4n) is 1.61. The molecule has 0 aliphatic heterocycles. The molecule has 2 aromatic rings. The second-order valence-electron chi connectivity index (χ2n) is 3.59. The minimum atomic E-state index is 0.468.